The molecule has 2 aliphatic rings. The zero-order valence-electron chi connectivity index (χ0n) is 12.4. The molecule has 3 rings (SSSR count). The van der Waals surface area contributed by atoms with Crippen LogP contribution in [0.2, 0.25) is 5.02 Å². The lowest BCUT2D eigenvalue weighted by Crippen LogP contribution is -2.40. The van der Waals surface area contributed by atoms with Gasteiger partial charge in [-0.15, -0.1) is 0 Å². The second kappa shape index (κ2) is 5.66. The number of hydrogen-bond acceptors (Lipinski definition) is 3. The van der Waals surface area contributed by atoms with Gasteiger partial charge in [-0.1, -0.05) is 24.9 Å². The van der Waals surface area contributed by atoms with Crippen LogP contribution in [0.15, 0.2) is 0 Å². The van der Waals surface area contributed by atoms with Gasteiger partial charge in [-0.2, -0.15) is 5.10 Å². The van der Waals surface area contributed by atoms with Gasteiger partial charge >= 0.3 is 0 Å². The van der Waals surface area contributed by atoms with E-state index < -0.39 is 0 Å². The maximum Gasteiger partial charge on any atom is 0.0850 e. The summed E-state index contributed by atoms with van der Waals surface area (Å²) in [6.07, 6.45) is 5.95. The Morgan fingerprint density at radius 2 is 2.10 bits per heavy atom. The van der Waals surface area contributed by atoms with Crippen molar-refractivity contribution < 1.29 is 0 Å². The highest BCUT2D eigenvalue weighted by atomic mass is 35.5. The van der Waals surface area contributed by atoms with E-state index in [0.717, 1.165) is 53.6 Å². The third kappa shape index (κ3) is 2.28. The van der Waals surface area contributed by atoms with Crippen LogP contribution in [0.3, 0.4) is 0 Å². The minimum atomic E-state index is 0.342. The SMILES string of the molecule is CCc1nn(CC)c(CC(NN)C2C3CCCC32)c1Cl. The molecule has 20 heavy (non-hydrogen) atoms. The maximum absolute atomic E-state index is 6.50. The molecule has 1 aromatic rings. The molecule has 0 aromatic carbocycles. The third-order valence-corrected chi connectivity index (χ3v) is 5.70. The van der Waals surface area contributed by atoms with Crippen LogP contribution in [0.25, 0.3) is 0 Å². The molecule has 0 aliphatic heterocycles. The second-order valence-corrected chi connectivity index (χ2v) is 6.57. The number of nitrogens with two attached hydrogens (primary N) is 1. The van der Waals surface area contributed by atoms with Crippen molar-refractivity contribution in [2.24, 2.45) is 23.6 Å². The van der Waals surface area contributed by atoms with E-state index in [-0.39, 0.29) is 0 Å². The molecule has 3 unspecified atom stereocenters. The van der Waals surface area contributed by atoms with Crippen molar-refractivity contribution in [3.63, 3.8) is 0 Å². The van der Waals surface area contributed by atoms with Gasteiger partial charge in [-0.25, -0.2) is 0 Å². The highest BCUT2D eigenvalue weighted by molar-refractivity contribution is 6.31. The fourth-order valence-corrected chi connectivity index (χ4v) is 4.55. The normalized spacial score (nSPS) is 29.5. The van der Waals surface area contributed by atoms with E-state index in [4.69, 9.17) is 17.4 Å². The van der Waals surface area contributed by atoms with Crippen molar-refractivity contribution >= 4 is 11.6 Å². The number of nitrogens with zero attached hydrogens (tertiary/aromatic N) is 2. The van der Waals surface area contributed by atoms with Crippen molar-refractivity contribution in [3.8, 4) is 0 Å². The standard InChI is InChI=1S/C15H25ClN4/c1-3-11-15(16)13(20(4-2)19-11)8-12(18-17)14-9-6-5-7-10(9)14/h9-10,12,14,18H,3-8,17H2,1-2H3. The molecule has 1 heterocycles. The lowest BCUT2D eigenvalue weighted by molar-refractivity contribution is 0.400. The van der Waals surface area contributed by atoms with E-state index in [1.54, 1.807) is 0 Å². The Labute approximate surface area is 126 Å². The van der Waals surface area contributed by atoms with Crippen molar-refractivity contribution in [3.05, 3.63) is 16.4 Å². The van der Waals surface area contributed by atoms with Gasteiger partial charge in [-0.05, 0) is 43.9 Å². The van der Waals surface area contributed by atoms with Crippen molar-refractivity contribution in [2.75, 3.05) is 0 Å². The van der Waals surface area contributed by atoms with Gasteiger partial charge < -0.3 is 0 Å². The van der Waals surface area contributed by atoms with Gasteiger partial charge in [0, 0.05) is 19.0 Å². The predicted molar refractivity (Wildman–Crippen MR) is 81.4 cm³/mol. The summed E-state index contributed by atoms with van der Waals surface area (Å²) in [7, 11) is 0. The van der Waals surface area contributed by atoms with Crippen LogP contribution < -0.4 is 11.3 Å². The molecule has 5 heteroatoms. The number of aryl methyl sites for hydroxylation is 2. The maximum atomic E-state index is 6.50. The molecule has 3 N–H and O–H groups in total. The first-order valence-corrected chi connectivity index (χ1v) is 8.29. The largest absolute Gasteiger partial charge is 0.271 e. The number of fused-ring (bicyclic) bond motifs is 1. The number of aromatic nitrogens is 2. The third-order valence-electron chi connectivity index (χ3n) is 5.26. The summed E-state index contributed by atoms with van der Waals surface area (Å²) in [4.78, 5) is 0. The van der Waals surface area contributed by atoms with Crippen LogP contribution in [-0.2, 0) is 19.4 Å². The van der Waals surface area contributed by atoms with Crippen LogP contribution in [-0.4, -0.2) is 15.8 Å². The highest BCUT2D eigenvalue weighted by Gasteiger charge is 2.55. The number of halogens is 1. The number of nitrogens with one attached hydrogen (secondary N) is 1. The zero-order valence-corrected chi connectivity index (χ0v) is 13.2. The summed E-state index contributed by atoms with van der Waals surface area (Å²) < 4.78 is 2.05. The summed E-state index contributed by atoms with van der Waals surface area (Å²) in [5, 5.41) is 5.45. The summed E-state index contributed by atoms with van der Waals surface area (Å²) in [5.41, 5.74) is 5.21. The van der Waals surface area contributed by atoms with E-state index in [1.165, 1.54) is 19.3 Å². The van der Waals surface area contributed by atoms with Crippen LogP contribution in [0.4, 0.5) is 0 Å². The molecule has 2 aliphatic carbocycles. The first-order valence-electron chi connectivity index (χ1n) is 7.91. The molecular formula is C15H25ClN4. The second-order valence-electron chi connectivity index (χ2n) is 6.19. The Balaban J connectivity index is 1.77. The van der Waals surface area contributed by atoms with Gasteiger partial charge in [0.25, 0.3) is 0 Å². The smallest absolute Gasteiger partial charge is 0.0850 e. The minimum absolute atomic E-state index is 0.342. The monoisotopic (exact) mass is 296 g/mol. The Hall–Kier alpha value is -0.580. The fraction of sp³-hybridized carbons (Fsp3) is 0.800. The van der Waals surface area contributed by atoms with Crippen molar-refractivity contribution in [1.29, 1.82) is 0 Å². The fourth-order valence-electron chi connectivity index (χ4n) is 4.20. The molecule has 3 atom stereocenters. The van der Waals surface area contributed by atoms with Crippen LogP contribution in [0, 0.1) is 17.8 Å². The summed E-state index contributed by atoms with van der Waals surface area (Å²) in [6.45, 7) is 5.08. The van der Waals surface area contributed by atoms with Crippen LogP contribution in [0.1, 0.15) is 44.5 Å². The molecule has 0 radical (unpaired) electrons. The highest BCUT2D eigenvalue weighted by Crippen LogP contribution is 2.59. The lowest BCUT2D eigenvalue weighted by atomic mass is 10.00. The van der Waals surface area contributed by atoms with Gasteiger partial charge in [-0.3, -0.25) is 16.0 Å². The van der Waals surface area contributed by atoms with E-state index in [9.17, 15) is 0 Å². The average molecular weight is 297 g/mol. The molecule has 0 saturated heterocycles. The quantitative estimate of drug-likeness (QED) is 0.626. The summed E-state index contributed by atoms with van der Waals surface area (Å²) in [6, 6.07) is 0.342. The number of rotatable bonds is 6. The number of hydrazine groups is 1. The minimum Gasteiger partial charge on any atom is -0.271 e. The molecule has 2 fully saturated rings. The van der Waals surface area contributed by atoms with Gasteiger partial charge in [0.05, 0.1) is 16.4 Å². The Bertz CT molecular complexity index is 474. The summed E-state index contributed by atoms with van der Waals surface area (Å²) >= 11 is 6.50. The molecule has 0 spiro atoms. The Morgan fingerprint density at radius 1 is 1.40 bits per heavy atom. The molecule has 1 aromatic heterocycles. The van der Waals surface area contributed by atoms with Crippen molar-refractivity contribution in [2.45, 2.75) is 58.5 Å². The lowest BCUT2D eigenvalue weighted by Gasteiger charge is -2.18. The first kappa shape index (κ1) is 14.4. The molecular weight excluding hydrogens is 272 g/mol. The molecule has 0 amide bonds. The topological polar surface area (TPSA) is 55.9 Å². The molecule has 112 valence electrons. The zero-order chi connectivity index (χ0) is 14.3. The Morgan fingerprint density at radius 3 is 2.65 bits per heavy atom. The van der Waals surface area contributed by atoms with E-state index in [2.05, 4.69) is 24.4 Å². The van der Waals surface area contributed by atoms with E-state index in [0.29, 0.717) is 6.04 Å². The summed E-state index contributed by atoms with van der Waals surface area (Å²) in [5.74, 6) is 8.37. The molecule has 0 bridgehead atoms. The average Bonchev–Trinajstić information content (AvgIpc) is 2.84. The van der Waals surface area contributed by atoms with Gasteiger partial charge in [0.1, 0.15) is 0 Å². The molecule has 4 nitrogen and oxygen atoms in total. The predicted octanol–water partition coefficient (Wildman–Crippen LogP) is 2.54. The van der Waals surface area contributed by atoms with E-state index >= 15 is 0 Å². The first-order chi connectivity index (χ1) is 9.71. The molecule has 2 saturated carbocycles. The van der Waals surface area contributed by atoms with Gasteiger partial charge in [0.2, 0.25) is 0 Å². The van der Waals surface area contributed by atoms with Crippen molar-refractivity contribution in [1.82, 2.24) is 15.2 Å². The van der Waals surface area contributed by atoms with Gasteiger partial charge in [0.15, 0.2) is 0 Å². The number of hydrogen-bond donors (Lipinski definition) is 2. The van der Waals surface area contributed by atoms with E-state index in [1.807, 2.05) is 4.68 Å². The van der Waals surface area contributed by atoms with Crippen LogP contribution >= 0.6 is 11.6 Å². The Kier molecular flexibility index (Phi) is 4.07. The van der Waals surface area contributed by atoms with Crippen LogP contribution in [0.5, 0.6) is 0 Å².